The standard InChI is InChI=1S/C12H12F2N2O/c1-7-6-10(16(2)15-7)12(17)11-8(13)4-3-5-9(11)14/h3-6,12,17H,1-2H3. The van der Waals surface area contributed by atoms with Crippen LogP contribution in [0.4, 0.5) is 8.78 Å². The van der Waals surface area contributed by atoms with E-state index >= 15 is 0 Å². The number of aromatic nitrogens is 2. The Labute approximate surface area is 97.3 Å². The van der Waals surface area contributed by atoms with Crippen LogP contribution in [0, 0.1) is 18.6 Å². The Bertz CT molecular complexity index is 531. The first kappa shape index (κ1) is 11.7. The molecule has 2 aromatic rings. The summed E-state index contributed by atoms with van der Waals surface area (Å²) in [6.45, 7) is 1.74. The van der Waals surface area contributed by atoms with E-state index in [0.717, 1.165) is 12.1 Å². The van der Waals surface area contributed by atoms with Crippen LogP contribution in [0.25, 0.3) is 0 Å². The van der Waals surface area contributed by atoms with Gasteiger partial charge in [0.2, 0.25) is 0 Å². The monoisotopic (exact) mass is 238 g/mol. The molecule has 1 N–H and O–H groups in total. The Morgan fingerprint density at radius 1 is 1.29 bits per heavy atom. The fraction of sp³-hybridized carbons (Fsp3) is 0.250. The van der Waals surface area contributed by atoms with E-state index in [1.54, 1.807) is 20.0 Å². The lowest BCUT2D eigenvalue weighted by Crippen LogP contribution is -2.10. The maximum absolute atomic E-state index is 13.5. The van der Waals surface area contributed by atoms with Gasteiger partial charge in [-0.05, 0) is 25.1 Å². The van der Waals surface area contributed by atoms with Crippen LogP contribution in [0.3, 0.4) is 0 Å². The van der Waals surface area contributed by atoms with Gasteiger partial charge in [0.25, 0.3) is 0 Å². The van der Waals surface area contributed by atoms with Crippen LogP contribution in [0.2, 0.25) is 0 Å². The number of hydrogen-bond donors (Lipinski definition) is 1. The first-order valence-electron chi connectivity index (χ1n) is 5.13. The number of hydrogen-bond acceptors (Lipinski definition) is 2. The summed E-state index contributed by atoms with van der Waals surface area (Å²) in [5, 5.41) is 14.0. The second kappa shape index (κ2) is 4.25. The van der Waals surface area contributed by atoms with Crippen LogP contribution in [0.1, 0.15) is 23.1 Å². The number of aliphatic hydroxyl groups excluding tert-OH is 1. The zero-order chi connectivity index (χ0) is 12.6. The van der Waals surface area contributed by atoms with Crippen LogP contribution in [-0.2, 0) is 7.05 Å². The third kappa shape index (κ3) is 2.06. The lowest BCUT2D eigenvalue weighted by Gasteiger charge is -2.12. The molecular weight excluding hydrogens is 226 g/mol. The van der Waals surface area contributed by atoms with Gasteiger partial charge in [-0.15, -0.1) is 0 Å². The highest BCUT2D eigenvalue weighted by Crippen LogP contribution is 2.26. The van der Waals surface area contributed by atoms with Crippen molar-refractivity contribution < 1.29 is 13.9 Å². The molecule has 1 aromatic carbocycles. The molecule has 0 aliphatic heterocycles. The molecule has 0 radical (unpaired) electrons. The van der Waals surface area contributed by atoms with E-state index in [1.165, 1.54) is 10.7 Å². The Morgan fingerprint density at radius 2 is 1.88 bits per heavy atom. The fourth-order valence-electron chi connectivity index (χ4n) is 1.81. The van der Waals surface area contributed by atoms with Gasteiger partial charge in [-0.2, -0.15) is 5.10 Å². The van der Waals surface area contributed by atoms with Crippen molar-refractivity contribution in [1.29, 1.82) is 0 Å². The molecule has 3 nitrogen and oxygen atoms in total. The highest BCUT2D eigenvalue weighted by molar-refractivity contribution is 5.29. The highest BCUT2D eigenvalue weighted by atomic mass is 19.1. The fourth-order valence-corrected chi connectivity index (χ4v) is 1.81. The molecule has 0 saturated heterocycles. The number of aliphatic hydroxyl groups is 1. The van der Waals surface area contributed by atoms with Crippen molar-refractivity contribution in [2.75, 3.05) is 0 Å². The quantitative estimate of drug-likeness (QED) is 0.870. The van der Waals surface area contributed by atoms with E-state index in [9.17, 15) is 13.9 Å². The molecule has 1 atom stereocenters. The van der Waals surface area contributed by atoms with E-state index < -0.39 is 17.7 Å². The summed E-state index contributed by atoms with van der Waals surface area (Å²) in [5.74, 6) is -1.53. The smallest absolute Gasteiger partial charge is 0.132 e. The van der Waals surface area contributed by atoms with Gasteiger partial charge in [-0.1, -0.05) is 6.07 Å². The SMILES string of the molecule is Cc1cc(C(O)c2c(F)cccc2F)n(C)n1. The van der Waals surface area contributed by atoms with Gasteiger partial charge in [-0.3, -0.25) is 4.68 Å². The minimum absolute atomic E-state index is 0.351. The van der Waals surface area contributed by atoms with E-state index in [-0.39, 0.29) is 5.56 Å². The third-order valence-corrected chi connectivity index (χ3v) is 2.59. The van der Waals surface area contributed by atoms with Crippen molar-refractivity contribution in [3.8, 4) is 0 Å². The van der Waals surface area contributed by atoms with E-state index in [2.05, 4.69) is 5.10 Å². The van der Waals surface area contributed by atoms with Crippen molar-refractivity contribution in [2.45, 2.75) is 13.0 Å². The van der Waals surface area contributed by atoms with E-state index in [4.69, 9.17) is 0 Å². The molecule has 2 rings (SSSR count). The molecule has 0 fully saturated rings. The summed E-state index contributed by atoms with van der Waals surface area (Å²) in [7, 11) is 1.62. The van der Waals surface area contributed by atoms with Crippen molar-refractivity contribution in [3.63, 3.8) is 0 Å². The summed E-state index contributed by atoms with van der Waals surface area (Å²) in [5.41, 5.74) is 0.681. The summed E-state index contributed by atoms with van der Waals surface area (Å²) < 4.78 is 28.4. The topological polar surface area (TPSA) is 38.0 Å². The normalized spacial score (nSPS) is 12.8. The summed E-state index contributed by atoms with van der Waals surface area (Å²) >= 11 is 0. The zero-order valence-corrected chi connectivity index (χ0v) is 9.48. The van der Waals surface area contributed by atoms with Gasteiger partial charge in [0.1, 0.15) is 17.7 Å². The second-order valence-electron chi connectivity index (χ2n) is 3.87. The first-order chi connectivity index (χ1) is 8.00. The Morgan fingerprint density at radius 3 is 2.35 bits per heavy atom. The molecule has 90 valence electrons. The Kier molecular flexibility index (Phi) is 2.93. The molecule has 0 saturated carbocycles. The predicted molar refractivity (Wildman–Crippen MR) is 58.4 cm³/mol. The zero-order valence-electron chi connectivity index (χ0n) is 9.48. The molecular formula is C12H12F2N2O. The maximum Gasteiger partial charge on any atom is 0.132 e. The molecule has 0 amide bonds. The molecule has 5 heteroatoms. The van der Waals surface area contributed by atoms with Crippen LogP contribution in [-0.4, -0.2) is 14.9 Å². The molecule has 0 aliphatic carbocycles. The third-order valence-electron chi connectivity index (χ3n) is 2.59. The number of rotatable bonds is 2. The molecule has 17 heavy (non-hydrogen) atoms. The van der Waals surface area contributed by atoms with Gasteiger partial charge >= 0.3 is 0 Å². The summed E-state index contributed by atoms with van der Waals surface area (Å²) in [6.07, 6.45) is -1.36. The summed E-state index contributed by atoms with van der Waals surface area (Å²) in [4.78, 5) is 0. The van der Waals surface area contributed by atoms with Crippen molar-refractivity contribution >= 4 is 0 Å². The molecule has 1 aromatic heterocycles. The molecule has 0 spiro atoms. The minimum atomic E-state index is -1.36. The molecule has 1 heterocycles. The lowest BCUT2D eigenvalue weighted by atomic mass is 10.0. The number of halogens is 2. The second-order valence-corrected chi connectivity index (χ2v) is 3.87. The Balaban J connectivity index is 2.51. The van der Waals surface area contributed by atoms with E-state index in [1.807, 2.05) is 0 Å². The van der Waals surface area contributed by atoms with Gasteiger partial charge in [0.15, 0.2) is 0 Å². The maximum atomic E-state index is 13.5. The van der Waals surface area contributed by atoms with Gasteiger partial charge < -0.3 is 5.11 Å². The van der Waals surface area contributed by atoms with Gasteiger partial charge in [-0.25, -0.2) is 8.78 Å². The molecule has 1 unspecified atom stereocenters. The van der Waals surface area contributed by atoms with Crippen LogP contribution >= 0.6 is 0 Å². The minimum Gasteiger partial charge on any atom is -0.382 e. The van der Waals surface area contributed by atoms with Gasteiger partial charge in [0.05, 0.1) is 17.0 Å². The Hall–Kier alpha value is -1.75. The highest BCUT2D eigenvalue weighted by Gasteiger charge is 2.22. The van der Waals surface area contributed by atoms with Crippen molar-refractivity contribution in [1.82, 2.24) is 9.78 Å². The van der Waals surface area contributed by atoms with Crippen LogP contribution in [0.15, 0.2) is 24.3 Å². The predicted octanol–water partition coefficient (Wildman–Crippen LogP) is 2.09. The van der Waals surface area contributed by atoms with E-state index in [0.29, 0.717) is 11.4 Å². The van der Waals surface area contributed by atoms with Gasteiger partial charge in [0, 0.05) is 7.05 Å². The number of benzene rings is 1. The van der Waals surface area contributed by atoms with Crippen LogP contribution in [0.5, 0.6) is 0 Å². The van der Waals surface area contributed by atoms with Crippen molar-refractivity contribution in [2.24, 2.45) is 7.05 Å². The number of aryl methyl sites for hydroxylation is 2. The summed E-state index contributed by atoms with van der Waals surface area (Å²) in [6, 6.07) is 5.08. The average Bonchev–Trinajstić information content (AvgIpc) is 2.57. The average molecular weight is 238 g/mol. The lowest BCUT2D eigenvalue weighted by molar-refractivity contribution is 0.199. The largest absolute Gasteiger partial charge is 0.382 e. The van der Waals surface area contributed by atoms with Crippen molar-refractivity contribution in [3.05, 3.63) is 52.9 Å². The molecule has 0 bridgehead atoms. The molecule has 0 aliphatic rings. The first-order valence-corrected chi connectivity index (χ1v) is 5.13. The number of nitrogens with zero attached hydrogens (tertiary/aromatic N) is 2. The van der Waals surface area contributed by atoms with Crippen LogP contribution < -0.4 is 0 Å².